The van der Waals surface area contributed by atoms with E-state index >= 15 is 0 Å². The van der Waals surface area contributed by atoms with Crippen LogP contribution in [-0.2, 0) is 82.9 Å². The van der Waals surface area contributed by atoms with Crippen molar-refractivity contribution in [3.8, 4) is 40.2 Å². The van der Waals surface area contributed by atoms with Crippen LogP contribution in [0, 0.1) is 41.4 Å². The number of likely N-dealkylation sites (tertiary alicyclic amines) is 7. The lowest BCUT2D eigenvalue weighted by molar-refractivity contribution is -0.00847. The van der Waals surface area contributed by atoms with Gasteiger partial charge >= 0.3 is 0 Å². The summed E-state index contributed by atoms with van der Waals surface area (Å²) in [6.45, 7) is 8.31. The smallest absolute Gasteiger partial charge is 0.119 e. The molecule has 0 spiro atoms. The molecule has 14 bridgehead atoms. The SMILES string of the molecule is CCN1CC[C@@]23CCCCC2[C@@H]1Cc1ccc(OC)cc13.[2H]C([2H])([2H])N1CC[C@@]23CCCCC2[C@@H]1Cc1ccc(OC)cc13.[2H]C([2H])([2H])Oc1ccc2c(c1)[C@]13CCCCC1[C@H](C2)N(C)CC3.[2H]C([2H])([2H])Oc1ccc2c(c1)[C@]13CCCCC1[C@H](C2)N(C)CC3.[2H]C([2H])N1CC[C@@]23CCCCC2[C@@H]1Cc1ccc(OC)cc13.[2H]C([2H])Oc1ccc2c(c1)[C@]13CCCCC1[C@H](C2)N(C)CC3.[2H]COc1ccc2c(c1)[C@]13CCCCC1[C@H](C2)N(C)CC3. The van der Waals surface area contributed by atoms with E-state index in [2.05, 4.69) is 156 Å². The molecule has 7 heterocycles. The second kappa shape index (κ2) is 40.5. The third-order valence-corrected chi connectivity index (χ3v) is 43.6. The van der Waals surface area contributed by atoms with Gasteiger partial charge in [0.15, 0.2) is 0 Å². The van der Waals surface area contributed by atoms with Crippen molar-refractivity contribution in [3.63, 3.8) is 0 Å². The molecule has 7 aliphatic heterocycles. The molecule has 7 saturated heterocycles. The molecule has 14 aliphatic carbocycles. The minimum Gasteiger partial charge on any atom is -0.497 e. The van der Waals surface area contributed by atoms with E-state index in [1.807, 2.05) is 41.3 Å². The quantitative estimate of drug-likeness (QED) is 0.145. The topological polar surface area (TPSA) is 87.3 Å². The van der Waals surface area contributed by atoms with Crippen LogP contribution in [0.25, 0.3) is 0 Å². The number of fused-ring (bicyclic) bond motifs is 7. The zero-order valence-electron chi connectivity index (χ0n) is 101. The Hall–Kier alpha value is -7.14. The fourth-order valence-corrected chi connectivity index (χ4v) is 36.8. The molecule has 28 rings (SSSR count). The lowest BCUT2D eigenvalue weighted by atomic mass is 9.52. The summed E-state index contributed by atoms with van der Waals surface area (Å²) >= 11 is 0. The molecule has 14 fully saturated rings. The molecule has 14 nitrogen and oxygen atoms in total. The van der Waals surface area contributed by atoms with Crippen LogP contribution in [0.3, 0.4) is 0 Å². The Morgan fingerprint density at radius 1 is 0.255 bits per heavy atom. The van der Waals surface area contributed by atoms with Crippen LogP contribution in [0.15, 0.2) is 127 Å². The van der Waals surface area contributed by atoms with Crippen molar-refractivity contribution in [2.24, 2.45) is 41.4 Å². The van der Waals surface area contributed by atoms with E-state index in [1.165, 1.54) is 306 Å². The zero-order valence-corrected chi connectivity index (χ0v) is 86.9. The van der Waals surface area contributed by atoms with Crippen molar-refractivity contribution in [1.29, 1.82) is 0 Å². The van der Waals surface area contributed by atoms with Gasteiger partial charge in [-0.1, -0.05) is 139 Å². The van der Waals surface area contributed by atoms with Gasteiger partial charge in [-0.3, -0.25) is 4.90 Å². The highest BCUT2D eigenvalue weighted by molar-refractivity contribution is 5.54. The van der Waals surface area contributed by atoms with Crippen LogP contribution >= 0.6 is 0 Å². The number of hydrogen-bond donors (Lipinski definition) is 0. The molecular formula is C127H177N7O7. The number of methoxy groups -OCH3 is 7. The van der Waals surface area contributed by atoms with Gasteiger partial charge in [0.1, 0.15) is 40.2 Å². The lowest BCUT2D eigenvalue weighted by Gasteiger charge is -2.59. The van der Waals surface area contributed by atoms with E-state index in [4.69, 9.17) is 52.3 Å². The minimum absolute atomic E-state index is 0.0145. The summed E-state index contributed by atoms with van der Waals surface area (Å²) in [7, 11) is 8.42. The third kappa shape index (κ3) is 17.0. The molecule has 0 N–H and O–H groups in total. The molecule has 21 atom stereocenters. The van der Waals surface area contributed by atoms with Crippen molar-refractivity contribution in [2.75, 3.05) is 144 Å². The molecule has 7 saturated carbocycles. The number of benzene rings is 7. The Balaban J connectivity index is 0.000000101. The Labute approximate surface area is 869 Å². The highest BCUT2D eigenvalue weighted by Crippen LogP contribution is 2.65. The Morgan fingerprint density at radius 3 is 0.730 bits per heavy atom. The van der Waals surface area contributed by atoms with E-state index in [0.717, 1.165) is 124 Å². The highest BCUT2D eigenvalue weighted by atomic mass is 16.5. The highest BCUT2D eigenvalue weighted by Gasteiger charge is 2.61. The normalized spacial score (nSPS) is 37.7. The molecular weight excluding hydrogens is 1740 g/mol. The molecule has 7 aromatic carbocycles. The zero-order chi connectivity index (χ0) is 108. The number of rotatable bonds is 8. The van der Waals surface area contributed by atoms with Crippen molar-refractivity contribution >= 4 is 0 Å². The predicted octanol–water partition coefficient (Wildman–Crippen LogP) is 24.1. The summed E-state index contributed by atoms with van der Waals surface area (Å²) in [5, 5.41) is 0. The first kappa shape index (κ1) is 82.9. The van der Waals surface area contributed by atoms with Crippen LogP contribution < -0.4 is 33.2 Å². The third-order valence-electron chi connectivity index (χ3n) is 43.6. The summed E-state index contributed by atoms with van der Waals surface area (Å²) in [6.07, 6.45) is 52.8. The number of likely N-dealkylation sites (N-methyl/N-ethyl adjacent to an activating group) is 7. The van der Waals surface area contributed by atoms with Crippen molar-refractivity contribution < 1.29 is 52.3 Å². The Bertz CT molecular complexity index is 6000. The summed E-state index contributed by atoms with van der Waals surface area (Å²) in [4.78, 5) is 17.0. The molecule has 0 aromatic heterocycles. The maximum atomic E-state index is 7.94. The fourth-order valence-electron chi connectivity index (χ4n) is 36.8. The van der Waals surface area contributed by atoms with Crippen molar-refractivity contribution in [2.45, 2.75) is 357 Å². The van der Waals surface area contributed by atoms with Crippen LogP contribution in [0.4, 0.5) is 0 Å². The maximum absolute atomic E-state index is 7.94. The van der Waals surface area contributed by atoms with Gasteiger partial charge < -0.3 is 62.6 Å². The monoisotopic (exact) mass is 1930 g/mol. The Morgan fingerprint density at radius 2 is 0.482 bits per heavy atom. The number of hydrogen-bond acceptors (Lipinski definition) is 14. The average molecular weight is 1930 g/mol. The van der Waals surface area contributed by atoms with E-state index < -0.39 is 35.1 Å². The van der Waals surface area contributed by atoms with Gasteiger partial charge in [-0.15, -0.1) is 0 Å². The van der Waals surface area contributed by atoms with Gasteiger partial charge in [-0.05, 0) is 479 Å². The molecule has 0 radical (unpaired) electrons. The maximum Gasteiger partial charge on any atom is 0.119 e. The van der Waals surface area contributed by atoms with Gasteiger partial charge in [0.05, 0.1) is 61.9 Å². The van der Waals surface area contributed by atoms with Gasteiger partial charge in [-0.25, -0.2) is 0 Å². The predicted molar refractivity (Wildman–Crippen MR) is 574 cm³/mol. The van der Waals surface area contributed by atoms with Crippen LogP contribution in [-0.4, -0.2) is 221 Å². The van der Waals surface area contributed by atoms with E-state index in [9.17, 15) is 0 Å². The first-order valence-corrected chi connectivity index (χ1v) is 56.3. The van der Waals surface area contributed by atoms with Gasteiger partial charge in [0.2, 0.25) is 0 Å². The van der Waals surface area contributed by atoms with E-state index in [1.54, 1.807) is 38.0 Å². The summed E-state index contributed by atoms with van der Waals surface area (Å²) in [5.74, 6) is 10.5. The van der Waals surface area contributed by atoms with Crippen LogP contribution in [0.2, 0.25) is 0 Å². The van der Waals surface area contributed by atoms with E-state index in [-0.39, 0.29) is 34.8 Å². The van der Waals surface area contributed by atoms with Crippen molar-refractivity contribution in [3.05, 3.63) is 205 Å². The molecule has 7 unspecified atom stereocenters. The van der Waals surface area contributed by atoms with Crippen LogP contribution in [0.1, 0.15) is 329 Å². The summed E-state index contributed by atoms with van der Waals surface area (Å²) < 4.78 is 143. The van der Waals surface area contributed by atoms with E-state index in [0.29, 0.717) is 87.9 Å². The summed E-state index contributed by atoms with van der Waals surface area (Å²) in [6, 6.07) is 48.7. The van der Waals surface area contributed by atoms with Crippen molar-refractivity contribution in [1.82, 2.24) is 34.3 Å². The molecule has 14 heteroatoms. The van der Waals surface area contributed by atoms with Gasteiger partial charge in [0.25, 0.3) is 0 Å². The standard InChI is InChI=1S/C19H27NO.6C18H25NO/c1-3-20-11-10-19-9-5-4-6-16(19)18(20)12-14-7-8-15(21-2)13-17(14)19;6*1-19-10-9-18-8-4-3-5-15(18)17(19)11-13-6-7-14(20-2)12-16(13)18/h7-8,13,16,18H,3-6,9-12H2,1-2H3;6*6-7,12,15,17H,3-5,8-11H2,1-2H3/t16?,18-,19-;6*15?,17-,18-/m0000000/s1/i;2*2D3;2D2;2D;1D3;1D2. The second-order valence-electron chi connectivity index (χ2n) is 48.5. The largest absolute Gasteiger partial charge is 0.497 e. The summed E-state index contributed by atoms with van der Waals surface area (Å²) in [5.41, 5.74) is 22.7. The lowest BCUT2D eigenvalue weighted by Crippen LogP contribution is -2.60. The molecule has 0 amide bonds. The molecule has 762 valence electrons. The van der Waals surface area contributed by atoms with Gasteiger partial charge in [0, 0.05) is 87.1 Å². The Kier molecular flexibility index (Phi) is 23.8. The van der Waals surface area contributed by atoms with Crippen LogP contribution in [0.5, 0.6) is 40.2 Å². The number of nitrogens with zero attached hydrogens (tertiary/aromatic N) is 7. The molecule has 21 aliphatic rings. The fraction of sp³-hybridized carbons (Fsp3) is 0.669. The molecule has 141 heavy (non-hydrogen) atoms. The number of piperidine rings is 7. The first-order chi connectivity index (χ1) is 74.5. The minimum atomic E-state index is -2.37. The second-order valence-corrected chi connectivity index (χ2v) is 48.5. The molecule has 7 aromatic rings. The first-order valence-electron chi connectivity index (χ1n) is 63.8. The number of ether oxygens (including phenoxy) is 7. The van der Waals surface area contributed by atoms with Gasteiger partial charge in [-0.2, -0.15) is 0 Å². The average Bonchev–Trinajstić information content (AvgIpc) is 0.708.